The summed E-state index contributed by atoms with van der Waals surface area (Å²) in [6.45, 7) is 2.28. The quantitative estimate of drug-likeness (QED) is 0.660. The fourth-order valence-electron chi connectivity index (χ4n) is 3.71. The molecule has 0 N–H and O–H groups in total. The van der Waals surface area contributed by atoms with Crippen molar-refractivity contribution in [3.63, 3.8) is 0 Å². The van der Waals surface area contributed by atoms with E-state index in [0.29, 0.717) is 0 Å². The number of halogens is 2. The average Bonchev–Trinajstić information content (AvgIpc) is 2.48. The Kier molecular flexibility index (Phi) is 3.24. The number of hydrogen-bond donors (Lipinski definition) is 0. The Hall–Kier alpha value is -1.05. The highest BCUT2D eigenvalue weighted by Gasteiger charge is 2.14. The molecule has 0 amide bonds. The van der Waals surface area contributed by atoms with Crippen molar-refractivity contribution in [2.75, 3.05) is 0 Å². The monoisotopic (exact) mass is 358 g/mol. The molecule has 0 spiro atoms. The Bertz CT molecular complexity index is 970. The molecule has 4 rings (SSSR count). The van der Waals surface area contributed by atoms with Crippen molar-refractivity contribution < 1.29 is 0 Å². The van der Waals surface area contributed by atoms with Crippen molar-refractivity contribution in [2.24, 2.45) is 0 Å². The molecule has 0 aliphatic heterocycles. The van der Waals surface area contributed by atoms with Crippen LogP contribution in [0.1, 0.15) is 30.9 Å². The standard InChI is InChI=1S/C19H16BrCl/c1-11-3-2-4-14-13(11)7-8-16-15(14)6-5-12-9-19(21)18(20)10-17(12)16/h5,7-10H,2-4,6H2,1H3. The lowest BCUT2D eigenvalue weighted by molar-refractivity contribution is 0.805. The van der Waals surface area contributed by atoms with Gasteiger partial charge in [-0.05, 0) is 92.7 Å². The van der Waals surface area contributed by atoms with Gasteiger partial charge in [-0.3, -0.25) is 0 Å². The van der Waals surface area contributed by atoms with E-state index in [4.69, 9.17) is 11.6 Å². The first-order valence-electron chi connectivity index (χ1n) is 7.45. The van der Waals surface area contributed by atoms with Gasteiger partial charge >= 0.3 is 0 Å². The Balaban J connectivity index is 2.22. The van der Waals surface area contributed by atoms with Crippen LogP contribution in [0.2, 0.25) is 5.02 Å². The highest BCUT2D eigenvalue weighted by atomic mass is 79.9. The third-order valence-corrected chi connectivity index (χ3v) is 5.98. The second-order valence-electron chi connectivity index (χ2n) is 6.01. The van der Waals surface area contributed by atoms with Crippen LogP contribution in [0.4, 0.5) is 0 Å². The Labute approximate surface area is 137 Å². The van der Waals surface area contributed by atoms with Gasteiger partial charge in [-0.25, -0.2) is 0 Å². The van der Waals surface area contributed by atoms with E-state index in [9.17, 15) is 0 Å². The average molecular weight is 360 g/mol. The fourth-order valence-corrected chi connectivity index (χ4v) is 4.22. The van der Waals surface area contributed by atoms with Gasteiger partial charge in [0.05, 0.1) is 5.02 Å². The third-order valence-electron chi connectivity index (χ3n) is 4.78. The van der Waals surface area contributed by atoms with Gasteiger partial charge in [0, 0.05) is 4.47 Å². The molecule has 2 aliphatic rings. The molecule has 0 unspecified atom stereocenters. The topological polar surface area (TPSA) is 0 Å². The van der Waals surface area contributed by atoms with Gasteiger partial charge in [0.25, 0.3) is 0 Å². The first-order valence-corrected chi connectivity index (χ1v) is 8.62. The van der Waals surface area contributed by atoms with Crippen LogP contribution in [0, 0.1) is 10.4 Å². The molecule has 0 atom stereocenters. The van der Waals surface area contributed by atoms with Gasteiger partial charge in [-0.2, -0.15) is 0 Å². The minimum Gasteiger partial charge on any atom is -0.0831 e. The second-order valence-corrected chi connectivity index (χ2v) is 7.28. The summed E-state index contributed by atoms with van der Waals surface area (Å²) in [6, 6.07) is 8.86. The van der Waals surface area contributed by atoms with Gasteiger partial charge in [0.2, 0.25) is 0 Å². The van der Waals surface area contributed by atoms with Crippen LogP contribution in [0.15, 0.2) is 28.7 Å². The molecule has 0 fully saturated rings. The molecular weight excluding hydrogens is 344 g/mol. The predicted octanol–water partition coefficient (Wildman–Crippen LogP) is 4.23. The molecule has 21 heavy (non-hydrogen) atoms. The maximum absolute atomic E-state index is 6.24. The highest BCUT2D eigenvalue weighted by molar-refractivity contribution is 9.10. The molecule has 0 radical (unpaired) electrons. The number of hydrogen-bond acceptors (Lipinski definition) is 0. The van der Waals surface area contributed by atoms with Gasteiger partial charge in [-0.15, -0.1) is 0 Å². The Morgan fingerprint density at radius 2 is 1.81 bits per heavy atom. The number of fused-ring (bicyclic) bond motifs is 4. The number of benzene rings is 2. The summed E-state index contributed by atoms with van der Waals surface area (Å²) in [7, 11) is 0. The molecule has 0 saturated carbocycles. The molecule has 2 aromatic carbocycles. The predicted molar refractivity (Wildman–Crippen MR) is 92.7 cm³/mol. The summed E-state index contributed by atoms with van der Waals surface area (Å²) >= 11 is 9.80. The molecule has 2 heteroatoms. The summed E-state index contributed by atoms with van der Waals surface area (Å²) in [5, 5.41) is 6.23. The van der Waals surface area contributed by atoms with Gasteiger partial charge in [0.1, 0.15) is 0 Å². The molecule has 0 bridgehead atoms. The maximum Gasteiger partial charge on any atom is 0.0554 e. The minimum atomic E-state index is 0.788. The molecule has 0 aromatic heterocycles. The molecule has 0 saturated heterocycles. The van der Waals surface area contributed by atoms with E-state index < -0.39 is 0 Å². The Morgan fingerprint density at radius 1 is 1.00 bits per heavy atom. The van der Waals surface area contributed by atoms with E-state index in [1.165, 1.54) is 45.7 Å². The van der Waals surface area contributed by atoms with Crippen LogP contribution in [0.5, 0.6) is 0 Å². The van der Waals surface area contributed by atoms with Crippen LogP contribution >= 0.6 is 27.5 Å². The van der Waals surface area contributed by atoms with Crippen LogP contribution < -0.4 is 10.4 Å². The largest absolute Gasteiger partial charge is 0.0831 e. The summed E-state index contributed by atoms with van der Waals surface area (Å²) in [5.74, 6) is 0. The van der Waals surface area contributed by atoms with Gasteiger partial charge < -0.3 is 0 Å². The van der Waals surface area contributed by atoms with Crippen molar-refractivity contribution >= 4 is 39.2 Å². The summed E-state index contributed by atoms with van der Waals surface area (Å²) < 4.78 is 0.977. The lowest BCUT2D eigenvalue weighted by atomic mass is 9.86. The smallest absolute Gasteiger partial charge is 0.0554 e. The maximum atomic E-state index is 6.24. The zero-order valence-electron chi connectivity index (χ0n) is 12.0. The van der Waals surface area contributed by atoms with Crippen molar-refractivity contribution in [1.82, 2.24) is 0 Å². The minimum absolute atomic E-state index is 0.788. The van der Waals surface area contributed by atoms with Crippen molar-refractivity contribution in [3.05, 3.63) is 65.8 Å². The van der Waals surface area contributed by atoms with Crippen LogP contribution in [-0.4, -0.2) is 0 Å². The second kappa shape index (κ2) is 5.00. The summed E-state index contributed by atoms with van der Waals surface area (Å²) in [4.78, 5) is 0. The summed E-state index contributed by atoms with van der Waals surface area (Å²) in [5.41, 5.74) is 4.64. The lowest BCUT2D eigenvalue weighted by Gasteiger charge is -2.19. The van der Waals surface area contributed by atoms with E-state index >= 15 is 0 Å². The first kappa shape index (κ1) is 13.6. The van der Waals surface area contributed by atoms with Crippen molar-refractivity contribution in [2.45, 2.75) is 32.6 Å². The van der Waals surface area contributed by atoms with E-state index in [0.717, 1.165) is 15.9 Å². The van der Waals surface area contributed by atoms with E-state index in [2.05, 4.69) is 53.2 Å². The molecule has 2 aliphatic carbocycles. The van der Waals surface area contributed by atoms with E-state index in [1.54, 1.807) is 11.1 Å². The van der Waals surface area contributed by atoms with Crippen molar-refractivity contribution in [3.8, 4) is 0 Å². The van der Waals surface area contributed by atoms with E-state index in [1.807, 2.05) is 0 Å². The highest BCUT2D eigenvalue weighted by Crippen LogP contribution is 2.24. The van der Waals surface area contributed by atoms with Gasteiger partial charge in [-0.1, -0.05) is 35.4 Å². The SMILES string of the molecule is CC1=c2ccc3c(c2CCC1)CC=c1cc(Cl)c(Br)cc1=3. The lowest BCUT2D eigenvalue weighted by Crippen LogP contribution is -2.21. The molecule has 2 aromatic rings. The van der Waals surface area contributed by atoms with Crippen molar-refractivity contribution in [1.29, 1.82) is 0 Å². The number of rotatable bonds is 0. The third kappa shape index (κ3) is 2.10. The molecular formula is C19H16BrCl. The van der Waals surface area contributed by atoms with Crippen LogP contribution in [0.3, 0.4) is 0 Å². The molecule has 0 heterocycles. The normalized spacial score (nSPS) is 15.9. The van der Waals surface area contributed by atoms with E-state index in [-0.39, 0.29) is 0 Å². The van der Waals surface area contributed by atoms with Crippen LogP contribution in [-0.2, 0) is 12.8 Å². The zero-order valence-corrected chi connectivity index (χ0v) is 14.3. The fraction of sp³-hybridized carbons (Fsp3) is 0.263. The van der Waals surface area contributed by atoms with Crippen LogP contribution in [0.25, 0.3) is 11.6 Å². The Morgan fingerprint density at radius 3 is 2.67 bits per heavy atom. The summed E-state index contributed by atoms with van der Waals surface area (Å²) in [6.07, 6.45) is 7.09. The molecule has 106 valence electrons. The first-order chi connectivity index (χ1) is 10.1. The zero-order chi connectivity index (χ0) is 14.6. The van der Waals surface area contributed by atoms with Gasteiger partial charge in [0.15, 0.2) is 0 Å². The molecule has 0 nitrogen and oxygen atoms in total.